The lowest BCUT2D eigenvalue weighted by molar-refractivity contribution is 0.0945. The highest BCUT2D eigenvalue weighted by atomic mass is 16.2. The molecule has 0 atom stereocenters. The summed E-state index contributed by atoms with van der Waals surface area (Å²) in [4.78, 5) is 27.0. The van der Waals surface area contributed by atoms with E-state index in [1.807, 2.05) is 32.3 Å². The average molecular weight is 350 g/mol. The third-order valence-electron chi connectivity index (χ3n) is 4.22. The molecule has 1 amide bonds. The van der Waals surface area contributed by atoms with Gasteiger partial charge in [0.15, 0.2) is 5.69 Å². The Kier molecular flexibility index (Phi) is 5.14. The van der Waals surface area contributed by atoms with Crippen LogP contribution in [0.25, 0.3) is 10.8 Å². The van der Waals surface area contributed by atoms with Gasteiger partial charge in [0.2, 0.25) is 0 Å². The van der Waals surface area contributed by atoms with Crippen LogP contribution in [0.5, 0.6) is 0 Å². The number of amides is 1. The molecule has 0 aliphatic rings. The molecule has 0 aliphatic heterocycles. The summed E-state index contributed by atoms with van der Waals surface area (Å²) >= 11 is 0. The van der Waals surface area contributed by atoms with Crippen molar-refractivity contribution in [3.05, 3.63) is 75.7 Å². The van der Waals surface area contributed by atoms with Crippen molar-refractivity contribution >= 4 is 16.7 Å². The van der Waals surface area contributed by atoms with E-state index in [4.69, 9.17) is 0 Å². The molecule has 0 bridgehead atoms. The van der Waals surface area contributed by atoms with Crippen molar-refractivity contribution in [3.8, 4) is 0 Å². The second-order valence-electron chi connectivity index (χ2n) is 6.51. The number of hydrogen-bond donors (Lipinski definition) is 1. The van der Waals surface area contributed by atoms with E-state index in [1.165, 1.54) is 4.68 Å². The van der Waals surface area contributed by atoms with E-state index in [0.29, 0.717) is 17.3 Å². The van der Waals surface area contributed by atoms with Gasteiger partial charge in [0.1, 0.15) is 0 Å². The summed E-state index contributed by atoms with van der Waals surface area (Å²) in [6, 6.07) is 15.1. The Morgan fingerprint density at radius 1 is 1.04 bits per heavy atom. The molecule has 0 spiro atoms. The molecule has 6 nitrogen and oxygen atoms in total. The Bertz CT molecular complexity index is 1010. The van der Waals surface area contributed by atoms with Crippen molar-refractivity contribution in [1.29, 1.82) is 0 Å². The van der Waals surface area contributed by atoms with Crippen LogP contribution in [0, 0.1) is 0 Å². The fourth-order valence-corrected chi connectivity index (χ4v) is 2.95. The third kappa shape index (κ3) is 3.65. The Hall–Kier alpha value is -2.99. The third-order valence-corrected chi connectivity index (χ3v) is 4.22. The molecule has 1 aromatic heterocycles. The number of nitrogens with one attached hydrogen (secondary N) is 1. The van der Waals surface area contributed by atoms with E-state index in [1.54, 1.807) is 31.3 Å². The van der Waals surface area contributed by atoms with Crippen LogP contribution in [0.1, 0.15) is 21.6 Å². The van der Waals surface area contributed by atoms with Crippen LogP contribution in [0.3, 0.4) is 0 Å². The lowest BCUT2D eigenvalue weighted by Gasteiger charge is -2.15. The number of nitrogens with zero attached hydrogens (tertiary/aromatic N) is 3. The number of benzene rings is 2. The SMILES string of the molecule is CN(C)Cc1ccccc1CNC(=O)c1nn(C)c(=O)c2ccccc12. The van der Waals surface area contributed by atoms with Gasteiger partial charge in [-0.1, -0.05) is 42.5 Å². The quantitative estimate of drug-likeness (QED) is 0.763. The number of hydrogen-bond acceptors (Lipinski definition) is 4. The van der Waals surface area contributed by atoms with Gasteiger partial charge in [-0.05, 0) is 31.3 Å². The lowest BCUT2D eigenvalue weighted by Crippen LogP contribution is -2.29. The van der Waals surface area contributed by atoms with E-state index in [2.05, 4.69) is 21.4 Å². The summed E-state index contributed by atoms with van der Waals surface area (Å²) in [5.74, 6) is -0.295. The van der Waals surface area contributed by atoms with Crippen molar-refractivity contribution in [2.75, 3.05) is 14.1 Å². The number of aromatic nitrogens is 2. The van der Waals surface area contributed by atoms with Crippen molar-refractivity contribution in [2.45, 2.75) is 13.1 Å². The number of rotatable bonds is 5. The molecule has 0 aliphatic carbocycles. The number of carbonyl (C=O) groups is 1. The van der Waals surface area contributed by atoms with E-state index in [9.17, 15) is 9.59 Å². The molecule has 0 radical (unpaired) electrons. The number of carbonyl (C=O) groups excluding carboxylic acids is 1. The summed E-state index contributed by atoms with van der Waals surface area (Å²) in [6.45, 7) is 1.20. The standard InChI is InChI=1S/C20H22N4O2/c1-23(2)13-15-9-5-4-8-14(15)12-21-19(25)18-16-10-6-7-11-17(16)20(26)24(3)22-18/h4-11H,12-13H2,1-3H3,(H,21,25). The average Bonchev–Trinajstić information content (AvgIpc) is 2.63. The van der Waals surface area contributed by atoms with Crippen LogP contribution in [0.4, 0.5) is 0 Å². The minimum absolute atomic E-state index is 0.214. The fourth-order valence-electron chi connectivity index (χ4n) is 2.95. The predicted molar refractivity (Wildman–Crippen MR) is 102 cm³/mol. The van der Waals surface area contributed by atoms with Crippen LogP contribution in [0.2, 0.25) is 0 Å². The molecular weight excluding hydrogens is 328 g/mol. The maximum Gasteiger partial charge on any atom is 0.274 e. The minimum atomic E-state index is -0.295. The summed E-state index contributed by atoms with van der Waals surface area (Å²) in [5, 5.41) is 8.15. The second kappa shape index (κ2) is 7.49. The van der Waals surface area contributed by atoms with Crippen molar-refractivity contribution in [3.63, 3.8) is 0 Å². The van der Waals surface area contributed by atoms with Gasteiger partial charge in [0, 0.05) is 25.5 Å². The molecule has 2 aromatic carbocycles. The summed E-state index contributed by atoms with van der Waals surface area (Å²) < 4.78 is 1.21. The molecule has 3 aromatic rings. The van der Waals surface area contributed by atoms with E-state index in [0.717, 1.165) is 17.7 Å². The van der Waals surface area contributed by atoms with E-state index < -0.39 is 0 Å². The molecule has 6 heteroatoms. The highest BCUT2D eigenvalue weighted by Crippen LogP contribution is 2.14. The van der Waals surface area contributed by atoms with Crippen LogP contribution < -0.4 is 10.9 Å². The zero-order valence-corrected chi connectivity index (χ0v) is 15.2. The first kappa shape index (κ1) is 17.8. The highest BCUT2D eigenvalue weighted by Gasteiger charge is 2.15. The Labute approximate surface area is 152 Å². The molecule has 1 heterocycles. The molecule has 0 saturated carbocycles. The topological polar surface area (TPSA) is 67.2 Å². The van der Waals surface area contributed by atoms with Gasteiger partial charge in [0.25, 0.3) is 11.5 Å². The van der Waals surface area contributed by atoms with Gasteiger partial charge in [0.05, 0.1) is 5.39 Å². The second-order valence-corrected chi connectivity index (χ2v) is 6.51. The van der Waals surface area contributed by atoms with Gasteiger partial charge in [-0.25, -0.2) is 4.68 Å². The predicted octanol–water partition coefficient (Wildman–Crippen LogP) is 1.93. The Morgan fingerprint density at radius 2 is 1.65 bits per heavy atom. The molecule has 26 heavy (non-hydrogen) atoms. The normalized spacial score (nSPS) is 11.1. The molecule has 0 unspecified atom stereocenters. The minimum Gasteiger partial charge on any atom is -0.347 e. The van der Waals surface area contributed by atoms with Crippen LogP contribution in [0.15, 0.2) is 53.3 Å². The molecule has 1 N–H and O–H groups in total. The van der Waals surface area contributed by atoms with Crippen molar-refractivity contribution < 1.29 is 4.79 Å². The first-order valence-electron chi connectivity index (χ1n) is 8.43. The van der Waals surface area contributed by atoms with Crippen molar-refractivity contribution in [2.24, 2.45) is 7.05 Å². The Morgan fingerprint density at radius 3 is 2.35 bits per heavy atom. The summed E-state index contributed by atoms with van der Waals surface area (Å²) in [6.07, 6.45) is 0. The van der Waals surface area contributed by atoms with E-state index in [-0.39, 0.29) is 17.2 Å². The van der Waals surface area contributed by atoms with Gasteiger partial charge >= 0.3 is 0 Å². The van der Waals surface area contributed by atoms with E-state index >= 15 is 0 Å². The van der Waals surface area contributed by atoms with Crippen LogP contribution in [-0.2, 0) is 20.1 Å². The van der Waals surface area contributed by atoms with Gasteiger partial charge < -0.3 is 10.2 Å². The van der Waals surface area contributed by atoms with Gasteiger partial charge in [-0.3, -0.25) is 9.59 Å². The summed E-state index contributed by atoms with van der Waals surface area (Å²) in [5.41, 5.74) is 2.26. The first-order chi connectivity index (χ1) is 12.5. The molecule has 0 fully saturated rings. The monoisotopic (exact) mass is 350 g/mol. The summed E-state index contributed by atoms with van der Waals surface area (Å²) in [7, 11) is 5.57. The zero-order valence-electron chi connectivity index (χ0n) is 15.2. The smallest absolute Gasteiger partial charge is 0.274 e. The lowest BCUT2D eigenvalue weighted by atomic mass is 10.1. The van der Waals surface area contributed by atoms with Crippen molar-refractivity contribution in [1.82, 2.24) is 20.0 Å². The zero-order chi connectivity index (χ0) is 18.7. The largest absolute Gasteiger partial charge is 0.347 e. The number of fused-ring (bicyclic) bond motifs is 1. The molecule has 3 rings (SSSR count). The van der Waals surface area contributed by atoms with Gasteiger partial charge in [-0.15, -0.1) is 0 Å². The Balaban J connectivity index is 1.88. The first-order valence-corrected chi connectivity index (χ1v) is 8.43. The molecule has 134 valence electrons. The molecule has 0 saturated heterocycles. The van der Waals surface area contributed by atoms with Crippen LogP contribution in [-0.4, -0.2) is 34.7 Å². The fraction of sp³-hybridized carbons (Fsp3) is 0.250. The maximum absolute atomic E-state index is 12.7. The van der Waals surface area contributed by atoms with Crippen LogP contribution >= 0.6 is 0 Å². The highest BCUT2D eigenvalue weighted by molar-refractivity contribution is 6.04. The number of aryl methyl sites for hydroxylation is 1. The maximum atomic E-state index is 12.7. The molecular formula is C20H22N4O2. The van der Waals surface area contributed by atoms with Gasteiger partial charge in [-0.2, -0.15) is 5.10 Å².